The molecule has 0 saturated carbocycles. The average Bonchev–Trinajstić information content (AvgIpc) is 2.29. The highest BCUT2D eigenvalue weighted by Gasteiger charge is 2.25. The zero-order valence-electron chi connectivity index (χ0n) is 11.4. The standard InChI is InChI=1S/C15H23NO/c1-5-14(17)11-15(2,3)16(4)12-13-9-7-6-8-10-13/h6-10H,5,11-12H2,1-4H3. The van der Waals surface area contributed by atoms with E-state index in [0.717, 1.165) is 6.54 Å². The van der Waals surface area contributed by atoms with Gasteiger partial charge in [0.1, 0.15) is 5.78 Å². The van der Waals surface area contributed by atoms with Gasteiger partial charge in [-0.15, -0.1) is 0 Å². The third-order valence-electron chi connectivity index (χ3n) is 3.32. The van der Waals surface area contributed by atoms with Crippen LogP contribution in [0.2, 0.25) is 0 Å². The molecule has 0 radical (unpaired) electrons. The van der Waals surface area contributed by atoms with Crippen molar-refractivity contribution in [2.75, 3.05) is 7.05 Å². The highest BCUT2D eigenvalue weighted by atomic mass is 16.1. The molecule has 0 unspecified atom stereocenters. The van der Waals surface area contributed by atoms with Crippen LogP contribution in [-0.2, 0) is 11.3 Å². The molecule has 0 heterocycles. The summed E-state index contributed by atoms with van der Waals surface area (Å²) >= 11 is 0. The molecule has 0 N–H and O–H groups in total. The van der Waals surface area contributed by atoms with Crippen LogP contribution in [0, 0.1) is 0 Å². The van der Waals surface area contributed by atoms with Crippen LogP contribution in [0.1, 0.15) is 39.2 Å². The second-order valence-electron chi connectivity index (χ2n) is 5.22. The van der Waals surface area contributed by atoms with Crippen LogP contribution < -0.4 is 0 Å². The molecule has 1 rings (SSSR count). The molecule has 0 aliphatic carbocycles. The van der Waals surface area contributed by atoms with Crippen LogP contribution in [0.5, 0.6) is 0 Å². The Labute approximate surface area is 105 Å². The largest absolute Gasteiger partial charge is 0.300 e. The number of carbonyl (C=O) groups is 1. The summed E-state index contributed by atoms with van der Waals surface area (Å²) in [5, 5.41) is 0. The second kappa shape index (κ2) is 5.97. The fraction of sp³-hybridized carbons (Fsp3) is 0.533. The summed E-state index contributed by atoms with van der Waals surface area (Å²) in [6, 6.07) is 10.4. The fourth-order valence-corrected chi connectivity index (χ4v) is 1.81. The van der Waals surface area contributed by atoms with Crippen LogP contribution in [-0.4, -0.2) is 23.3 Å². The van der Waals surface area contributed by atoms with Gasteiger partial charge in [-0.3, -0.25) is 9.69 Å². The smallest absolute Gasteiger partial charge is 0.134 e. The molecule has 0 aromatic heterocycles. The van der Waals surface area contributed by atoms with Crippen molar-refractivity contribution in [3.05, 3.63) is 35.9 Å². The summed E-state index contributed by atoms with van der Waals surface area (Å²) in [4.78, 5) is 13.8. The molecule has 0 fully saturated rings. The van der Waals surface area contributed by atoms with Crippen molar-refractivity contribution in [1.82, 2.24) is 4.90 Å². The average molecular weight is 233 g/mol. The summed E-state index contributed by atoms with van der Waals surface area (Å²) in [5.74, 6) is 0.329. The number of nitrogens with zero attached hydrogens (tertiary/aromatic N) is 1. The van der Waals surface area contributed by atoms with E-state index in [1.165, 1.54) is 5.56 Å². The van der Waals surface area contributed by atoms with Crippen molar-refractivity contribution < 1.29 is 4.79 Å². The lowest BCUT2D eigenvalue weighted by Gasteiger charge is -2.35. The summed E-state index contributed by atoms with van der Waals surface area (Å²) in [5.41, 5.74) is 1.20. The van der Waals surface area contributed by atoms with Gasteiger partial charge in [0.15, 0.2) is 0 Å². The second-order valence-corrected chi connectivity index (χ2v) is 5.22. The molecule has 1 aromatic rings. The van der Waals surface area contributed by atoms with Gasteiger partial charge in [0.25, 0.3) is 0 Å². The molecule has 94 valence electrons. The van der Waals surface area contributed by atoms with Gasteiger partial charge in [0, 0.05) is 24.9 Å². The maximum atomic E-state index is 11.6. The highest BCUT2D eigenvalue weighted by Crippen LogP contribution is 2.20. The van der Waals surface area contributed by atoms with Crippen molar-refractivity contribution in [2.24, 2.45) is 0 Å². The quantitative estimate of drug-likeness (QED) is 0.751. The number of Topliss-reactive ketones (excluding diaryl/α,β-unsaturated/α-hetero) is 1. The van der Waals surface area contributed by atoms with E-state index in [0.29, 0.717) is 18.6 Å². The number of hydrogen-bond donors (Lipinski definition) is 0. The minimum atomic E-state index is -0.0804. The maximum absolute atomic E-state index is 11.6. The van der Waals surface area contributed by atoms with E-state index in [-0.39, 0.29) is 5.54 Å². The van der Waals surface area contributed by atoms with Gasteiger partial charge in [0.05, 0.1) is 0 Å². The Balaban J connectivity index is 2.62. The Hall–Kier alpha value is -1.15. The van der Waals surface area contributed by atoms with Gasteiger partial charge >= 0.3 is 0 Å². The monoisotopic (exact) mass is 233 g/mol. The van der Waals surface area contributed by atoms with Crippen molar-refractivity contribution >= 4 is 5.78 Å². The maximum Gasteiger partial charge on any atom is 0.134 e. The molecule has 1 aromatic carbocycles. The Morgan fingerprint density at radius 1 is 1.24 bits per heavy atom. The van der Waals surface area contributed by atoms with Gasteiger partial charge in [-0.2, -0.15) is 0 Å². The molecule has 2 heteroatoms. The molecular formula is C15H23NO. The van der Waals surface area contributed by atoms with Gasteiger partial charge in [-0.05, 0) is 26.5 Å². The van der Waals surface area contributed by atoms with E-state index in [4.69, 9.17) is 0 Å². The van der Waals surface area contributed by atoms with Gasteiger partial charge in [0.2, 0.25) is 0 Å². The third-order valence-corrected chi connectivity index (χ3v) is 3.32. The van der Waals surface area contributed by atoms with Crippen molar-refractivity contribution in [3.63, 3.8) is 0 Å². The van der Waals surface area contributed by atoms with Gasteiger partial charge < -0.3 is 0 Å². The normalized spacial score (nSPS) is 11.8. The van der Waals surface area contributed by atoms with Crippen LogP contribution in [0.25, 0.3) is 0 Å². The van der Waals surface area contributed by atoms with Crippen molar-refractivity contribution in [2.45, 2.75) is 45.7 Å². The van der Waals surface area contributed by atoms with E-state index in [1.807, 2.05) is 25.1 Å². The molecule has 0 aliphatic heterocycles. The minimum Gasteiger partial charge on any atom is -0.300 e. The van der Waals surface area contributed by atoms with Gasteiger partial charge in [-0.25, -0.2) is 0 Å². The van der Waals surface area contributed by atoms with E-state index >= 15 is 0 Å². The summed E-state index contributed by atoms with van der Waals surface area (Å²) < 4.78 is 0. The van der Waals surface area contributed by atoms with Crippen LogP contribution in [0.3, 0.4) is 0 Å². The molecule has 0 spiro atoms. The summed E-state index contributed by atoms with van der Waals surface area (Å²) in [7, 11) is 2.08. The zero-order chi connectivity index (χ0) is 12.9. The molecule has 2 nitrogen and oxygen atoms in total. The number of rotatable bonds is 6. The Bertz CT molecular complexity index is 356. The Morgan fingerprint density at radius 3 is 2.35 bits per heavy atom. The lowest BCUT2D eigenvalue weighted by atomic mass is 9.94. The lowest BCUT2D eigenvalue weighted by Crippen LogP contribution is -2.42. The van der Waals surface area contributed by atoms with E-state index < -0.39 is 0 Å². The predicted molar refractivity (Wildman–Crippen MR) is 71.9 cm³/mol. The van der Waals surface area contributed by atoms with Crippen molar-refractivity contribution in [1.29, 1.82) is 0 Å². The number of carbonyl (C=O) groups excluding carboxylic acids is 1. The SMILES string of the molecule is CCC(=O)CC(C)(C)N(C)Cc1ccccc1. The van der Waals surface area contributed by atoms with Crippen LogP contribution in [0.15, 0.2) is 30.3 Å². The Kier molecular flexibility index (Phi) is 4.88. The molecule has 0 atom stereocenters. The van der Waals surface area contributed by atoms with Crippen LogP contribution >= 0.6 is 0 Å². The van der Waals surface area contributed by atoms with Crippen LogP contribution in [0.4, 0.5) is 0 Å². The lowest BCUT2D eigenvalue weighted by molar-refractivity contribution is -0.121. The fourth-order valence-electron chi connectivity index (χ4n) is 1.81. The van der Waals surface area contributed by atoms with E-state index in [9.17, 15) is 4.79 Å². The summed E-state index contributed by atoms with van der Waals surface area (Å²) in [6.45, 7) is 7.06. The molecule has 0 saturated heterocycles. The molecule has 0 amide bonds. The van der Waals surface area contributed by atoms with E-state index in [2.05, 4.69) is 37.9 Å². The first-order chi connectivity index (χ1) is 7.95. The first kappa shape index (κ1) is 13.9. The Morgan fingerprint density at radius 2 is 1.82 bits per heavy atom. The molecule has 0 bridgehead atoms. The first-order valence-corrected chi connectivity index (χ1v) is 6.22. The predicted octanol–water partition coefficient (Wildman–Crippen LogP) is 3.27. The third kappa shape index (κ3) is 4.31. The topological polar surface area (TPSA) is 20.3 Å². The number of benzene rings is 1. The first-order valence-electron chi connectivity index (χ1n) is 6.22. The van der Waals surface area contributed by atoms with E-state index in [1.54, 1.807) is 0 Å². The molecule has 0 aliphatic rings. The summed E-state index contributed by atoms with van der Waals surface area (Å²) in [6.07, 6.45) is 1.25. The number of hydrogen-bond acceptors (Lipinski definition) is 2. The molecule has 17 heavy (non-hydrogen) atoms. The van der Waals surface area contributed by atoms with Crippen molar-refractivity contribution in [3.8, 4) is 0 Å². The highest BCUT2D eigenvalue weighted by molar-refractivity contribution is 5.79. The molecular weight excluding hydrogens is 210 g/mol. The minimum absolute atomic E-state index is 0.0804. The zero-order valence-corrected chi connectivity index (χ0v) is 11.4. The number of ketones is 1. The van der Waals surface area contributed by atoms with Gasteiger partial charge in [-0.1, -0.05) is 37.3 Å².